The third kappa shape index (κ3) is 3.77. The maximum absolute atomic E-state index is 12.2. The molecule has 0 aliphatic carbocycles. The van der Waals surface area contributed by atoms with Crippen LogP contribution in [-0.4, -0.2) is 34.7 Å². The minimum atomic E-state index is -0.499. The van der Waals surface area contributed by atoms with Crippen LogP contribution in [0, 0.1) is 0 Å². The second-order valence-electron chi connectivity index (χ2n) is 6.46. The molecule has 150 valence electrons. The highest BCUT2D eigenvalue weighted by molar-refractivity contribution is 6.30. The van der Waals surface area contributed by atoms with Gasteiger partial charge >= 0.3 is 5.97 Å². The summed E-state index contributed by atoms with van der Waals surface area (Å²) in [5.41, 5.74) is 3.63. The number of carbonyl (C=O) groups excluding carboxylic acids is 1. The van der Waals surface area contributed by atoms with Gasteiger partial charge in [-0.1, -0.05) is 35.9 Å². The number of methoxy groups -OCH3 is 2. The number of hydrogen-bond acceptors (Lipinski definition) is 5. The van der Waals surface area contributed by atoms with Crippen molar-refractivity contribution >= 4 is 34.2 Å². The monoisotopic (exact) mass is 419 g/mol. The molecule has 2 aromatic heterocycles. The van der Waals surface area contributed by atoms with Gasteiger partial charge in [-0.2, -0.15) is 0 Å². The van der Waals surface area contributed by atoms with Crippen LogP contribution in [0.4, 0.5) is 0 Å². The lowest BCUT2D eigenvalue weighted by atomic mass is 10.1. The Kier molecular flexibility index (Phi) is 5.50. The second kappa shape index (κ2) is 8.39. The summed E-state index contributed by atoms with van der Waals surface area (Å²) < 4.78 is 11.7. The lowest BCUT2D eigenvalue weighted by Gasteiger charge is -2.09. The summed E-state index contributed by atoms with van der Waals surface area (Å²) in [5, 5.41) is 1.63. The normalized spacial score (nSPS) is 11.5. The number of hydrogen-bond donors (Lipinski definition) is 0. The summed E-state index contributed by atoms with van der Waals surface area (Å²) in [5.74, 6) is 0.0770. The predicted octanol–water partition coefficient (Wildman–Crippen LogP) is 5.04. The van der Waals surface area contributed by atoms with Crippen LogP contribution in [0.15, 0.2) is 73.3 Å². The molecule has 6 nitrogen and oxygen atoms in total. The molecular formula is C23H18ClN3O3. The van der Waals surface area contributed by atoms with E-state index in [1.54, 1.807) is 17.0 Å². The van der Waals surface area contributed by atoms with Crippen molar-refractivity contribution in [3.8, 4) is 22.6 Å². The van der Waals surface area contributed by atoms with E-state index < -0.39 is 5.97 Å². The summed E-state index contributed by atoms with van der Waals surface area (Å²) in [6, 6.07) is 17.1. The van der Waals surface area contributed by atoms with E-state index in [0.717, 1.165) is 27.7 Å². The minimum absolute atomic E-state index is 0.267. The fraction of sp³-hybridized carbons (Fsp3) is 0.0870. The van der Waals surface area contributed by atoms with Crippen molar-refractivity contribution in [3.05, 3.63) is 78.3 Å². The number of aromatic nitrogens is 3. The van der Waals surface area contributed by atoms with E-state index in [4.69, 9.17) is 26.1 Å². The van der Waals surface area contributed by atoms with Crippen molar-refractivity contribution in [1.29, 1.82) is 0 Å². The Bertz CT molecular complexity index is 1250. The van der Waals surface area contributed by atoms with Gasteiger partial charge < -0.3 is 14.0 Å². The second-order valence-corrected chi connectivity index (χ2v) is 6.90. The number of fused-ring (bicyclic) bond motifs is 1. The lowest BCUT2D eigenvalue weighted by molar-refractivity contribution is -0.134. The molecule has 0 fully saturated rings. The zero-order valence-corrected chi connectivity index (χ0v) is 17.1. The van der Waals surface area contributed by atoms with Crippen molar-refractivity contribution in [2.45, 2.75) is 0 Å². The summed E-state index contributed by atoms with van der Waals surface area (Å²) in [4.78, 5) is 21.3. The van der Waals surface area contributed by atoms with E-state index in [0.29, 0.717) is 10.8 Å². The predicted molar refractivity (Wildman–Crippen MR) is 117 cm³/mol. The molecule has 7 heteroatoms. The average Bonchev–Trinajstić information content (AvgIpc) is 3.20. The molecule has 4 rings (SSSR count). The molecule has 0 aliphatic heterocycles. The van der Waals surface area contributed by atoms with E-state index >= 15 is 0 Å². The number of ether oxygens (including phenoxy) is 2. The van der Waals surface area contributed by atoms with Crippen molar-refractivity contribution < 1.29 is 14.3 Å². The molecule has 0 bridgehead atoms. The quantitative estimate of drug-likeness (QED) is 0.257. The highest BCUT2D eigenvalue weighted by atomic mass is 35.5. The SMILES string of the molecule is CO/C=C(/C(=O)OC)n1ccc2ccc(-c3nccc(-c4ccc(Cl)cc4)n3)cc21. The van der Waals surface area contributed by atoms with Crippen molar-refractivity contribution in [2.24, 2.45) is 0 Å². The van der Waals surface area contributed by atoms with E-state index in [9.17, 15) is 4.79 Å². The molecule has 4 aromatic rings. The molecule has 0 saturated carbocycles. The molecular weight excluding hydrogens is 402 g/mol. The van der Waals surface area contributed by atoms with Crippen molar-refractivity contribution in [2.75, 3.05) is 14.2 Å². The summed E-state index contributed by atoms with van der Waals surface area (Å²) in [7, 11) is 2.81. The van der Waals surface area contributed by atoms with E-state index in [2.05, 4.69) is 4.98 Å². The van der Waals surface area contributed by atoms with Crippen LogP contribution in [0.1, 0.15) is 0 Å². The molecule has 0 radical (unpaired) electrons. The smallest absolute Gasteiger partial charge is 0.358 e. The van der Waals surface area contributed by atoms with Crippen LogP contribution in [0.25, 0.3) is 39.2 Å². The van der Waals surface area contributed by atoms with Gasteiger partial charge in [0.25, 0.3) is 0 Å². The van der Waals surface area contributed by atoms with Gasteiger partial charge in [-0.3, -0.25) is 0 Å². The number of esters is 1. The zero-order valence-electron chi connectivity index (χ0n) is 16.4. The molecule has 0 unspecified atom stereocenters. The molecule has 2 aromatic carbocycles. The Hall–Kier alpha value is -3.64. The fourth-order valence-corrected chi connectivity index (χ4v) is 3.30. The first-order chi connectivity index (χ1) is 14.6. The van der Waals surface area contributed by atoms with Gasteiger partial charge in [0.2, 0.25) is 0 Å². The van der Waals surface area contributed by atoms with Crippen LogP contribution in [0.5, 0.6) is 0 Å². The maximum Gasteiger partial charge on any atom is 0.358 e. The number of benzene rings is 2. The summed E-state index contributed by atoms with van der Waals surface area (Å²) >= 11 is 5.99. The van der Waals surface area contributed by atoms with Crippen LogP contribution in [0.3, 0.4) is 0 Å². The van der Waals surface area contributed by atoms with E-state index in [-0.39, 0.29) is 5.70 Å². The Morgan fingerprint density at radius 1 is 1.03 bits per heavy atom. The average molecular weight is 420 g/mol. The van der Waals surface area contributed by atoms with Gasteiger partial charge in [-0.05, 0) is 35.7 Å². The molecule has 2 heterocycles. The third-order valence-corrected chi connectivity index (χ3v) is 4.88. The molecule has 30 heavy (non-hydrogen) atoms. The number of halogens is 1. The van der Waals surface area contributed by atoms with E-state index in [1.807, 2.05) is 54.6 Å². The Morgan fingerprint density at radius 3 is 2.53 bits per heavy atom. The Morgan fingerprint density at radius 2 is 1.80 bits per heavy atom. The topological polar surface area (TPSA) is 66.2 Å². The van der Waals surface area contributed by atoms with Crippen molar-refractivity contribution in [1.82, 2.24) is 14.5 Å². The Labute approximate surface area is 178 Å². The highest BCUT2D eigenvalue weighted by Crippen LogP contribution is 2.27. The zero-order chi connectivity index (χ0) is 21.1. The van der Waals surface area contributed by atoms with Gasteiger partial charge in [0, 0.05) is 28.5 Å². The maximum atomic E-state index is 12.2. The van der Waals surface area contributed by atoms with Crippen LogP contribution in [0.2, 0.25) is 5.02 Å². The van der Waals surface area contributed by atoms with Gasteiger partial charge in [-0.15, -0.1) is 0 Å². The summed E-state index contributed by atoms with van der Waals surface area (Å²) in [6.07, 6.45) is 4.87. The minimum Gasteiger partial charge on any atom is -0.502 e. The van der Waals surface area contributed by atoms with Gasteiger partial charge in [-0.25, -0.2) is 14.8 Å². The first kappa shape index (κ1) is 19.7. The van der Waals surface area contributed by atoms with Gasteiger partial charge in [0.1, 0.15) is 6.26 Å². The number of rotatable bonds is 5. The fourth-order valence-electron chi connectivity index (χ4n) is 3.18. The molecule has 0 saturated heterocycles. The highest BCUT2D eigenvalue weighted by Gasteiger charge is 2.16. The number of carbonyl (C=O) groups is 1. The summed E-state index contributed by atoms with van der Waals surface area (Å²) in [6.45, 7) is 0. The van der Waals surface area contributed by atoms with Crippen molar-refractivity contribution in [3.63, 3.8) is 0 Å². The molecule has 0 amide bonds. The Balaban J connectivity index is 1.79. The molecule has 0 spiro atoms. The number of nitrogens with zero attached hydrogens (tertiary/aromatic N) is 3. The standard InChI is InChI=1S/C23H18ClN3O3/c1-29-14-21(23(28)30-2)27-12-10-16-3-4-17(13-20(16)27)22-25-11-9-19(26-22)15-5-7-18(24)8-6-15/h3-14H,1-2H3/b21-14-. The molecule has 0 atom stereocenters. The van der Waals surface area contributed by atoms with Crippen LogP contribution >= 0.6 is 11.6 Å². The largest absolute Gasteiger partial charge is 0.502 e. The third-order valence-electron chi connectivity index (χ3n) is 4.63. The molecule has 0 N–H and O–H groups in total. The van der Waals surface area contributed by atoms with Crippen LogP contribution < -0.4 is 0 Å². The lowest BCUT2D eigenvalue weighted by Crippen LogP contribution is -2.10. The van der Waals surface area contributed by atoms with Gasteiger partial charge in [0.05, 0.1) is 25.4 Å². The van der Waals surface area contributed by atoms with Crippen LogP contribution in [-0.2, 0) is 14.3 Å². The first-order valence-electron chi connectivity index (χ1n) is 9.13. The molecule has 0 aliphatic rings. The van der Waals surface area contributed by atoms with E-state index in [1.165, 1.54) is 20.5 Å². The first-order valence-corrected chi connectivity index (χ1v) is 9.50. The van der Waals surface area contributed by atoms with Gasteiger partial charge in [0.15, 0.2) is 11.5 Å².